The number of hydrogen-bond donors (Lipinski definition) is 0. The quantitative estimate of drug-likeness (QED) is 0.456. The highest BCUT2D eigenvalue weighted by Crippen LogP contribution is 2.31. The Kier molecular flexibility index (Phi) is 4.45. The van der Waals surface area contributed by atoms with E-state index in [0.717, 1.165) is 12.3 Å². The molecule has 14 heavy (non-hydrogen) atoms. The van der Waals surface area contributed by atoms with Gasteiger partial charge in [0.1, 0.15) is 0 Å². The number of allylic oxidation sites excluding steroid dienone is 6. The summed E-state index contributed by atoms with van der Waals surface area (Å²) >= 11 is 0. The van der Waals surface area contributed by atoms with Crippen LogP contribution in [0.5, 0.6) is 0 Å². The maximum atomic E-state index is 3.87. The lowest BCUT2D eigenvalue weighted by atomic mass is 9.81. The van der Waals surface area contributed by atoms with Gasteiger partial charge in [0.2, 0.25) is 0 Å². The average Bonchev–Trinajstić information content (AvgIpc) is 2.26. The molecule has 0 saturated carbocycles. The van der Waals surface area contributed by atoms with Crippen LogP contribution in [0.15, 0.2) is 49.1 Å². The van der Waals surface area contributed by atoms with E-state index in [2.05, 4.69) is 38.3 Å². The predicted molar refractivity (Wildman–Crippen MR) is 64.1 cm³/mol. The van der Waals surface area contributed by atoms with Crippen molar-refractivity contribution in [3.8, 4) is 0 Å². The molecule has 0 bridgehead atoms. The molecule has 0 heterocycles. The Morgan fingerprint density at radius 3 is 2.86 bits per heavy atom. The zero-order valence-electron chi connectivity index (χ0n) is 9.08. The van der Waals surface area contributed by atoms with Crippen LogP contribution in [0, 0.1) is 11.8 Å². The van der Waals surface area contributed by atoms with Crippen LogP contribution in [0.25, 0.3) is 0 Å². The predicted octanol–water partition coefficient (Wildman–Crippen LogP) is 4.28. The van der Waals surface area contributed by atoms with Gasteiger partial charge in [0, 0.05) is 0 Å². The van der Waals surface area contributed by atoms with E-state index >= 15 is 0 Å². The topological polar surface area (TPSA) is 0 Å². The lowest BCUT2D eigenvalue weighted by molar-refractivity contribution is 0.441. The molecule has 0 fully saturated rings. The Morgan fingerprint density at radius 1 is 1.50 bits per heavy atom. The molecule has 0 spiro atoms. The van der Waals surface area contributed by atoms with Crippen molar-refractivity contribution in [3.63, 3.8) is 0 Å². The molecule has 0 nitrogen and oxygen atoms in total. The van der Waals surface area contributed by atoms with Gasteiger partial charge >= 0.3 is 0 Å². The SMILES string of the molecule is C=C/C=C(\C=C)C1CC=CC(CC)C1. The van der Waals surface area contributed by atoms with Crippen LogP contribution in [-0.4, -0.2) is 0 Å². The Bertz CT molecular complexity index is 255. The van der Waals surface area contributed by atoms with E-state index in [1.54, 1.807) is 0 Å². The summed E-state index contributed by atoms with van der Waals surface area (Å²) in [5.41, 5.74) is 1.34. The van der Waals surface area contributed by atoms with Gasteiger partial charge in [-0.15, -0.1) is 0 Å². The largest absolute Gasteiger partial charge is 0.0991 e. The van der Waals surface area contributed by atoms with Crippen molar-refractivity contribution in [2.45, 2.75) is 26.2 Å². The van der Waals surface area contributed by atoms with Crippen molar-refractivity contribution in [1.82, 2.24) is 0 Å². The zero-order chi connectivity index (χ0) is 10.4. The van der Waals surface area contributed by atoms with E-state index in [1.807, 2.05) is 12.2 Å². The van der Waals surface area contributed by atoms with E-state index in [9.17, 15) is 0 Å². The average molecular weight is 188 g/mol. The highest BCUT2D eigenvalue weighted by molar-refractivity contribution is 5.25. The lowest BCUT2D eigenvalue weighted by Crippen LogP contribution is -2.12. The molecule has 1 aliphatic rings. The highest BCUT2D eigenvalue weighted by Gasteiger charge is 2.18. The van der Waals surface area contributed by atoms with Crippen LogP contribution >= 0.6 is 0 Å². The molecular formula is C14H20. The molecule has 1 aliphatic carbocycles. The summed E-state index contributed by atoms with van der Waals surface area (Å²) in [6.45, 7) is 9.86. The fourth-order valence-electron chi connectivity index (χ4n) is 2.06. The van der Waals surface area contributed by atoms with Gasteiger partial charge < -0.3 is 0 Å². The summed E-state index contributed by atoms with van der Waals surface area (Å²) in [4.78, 5) is 0. The van der Waals surface area contributed by atoms with Crippen molar-refractivity contribution in [3.05, 3.63) is 49.1 Å². The minimum Gasteiger partial charge on any atom is -0.0991 e. The van der Waals surface area contributed by atoms with Crippen LogP contribution in [0.1, 0.15) is 26.2 Å². The summed E-state index contributed by atoms with van der Waals surface area (Å²) < 4.78 is 0. The van der Waals surface area contributed by atoms with Gasteiger partial charge in [-0.05, 0) is 36.7 Å². The van der Waals surface area contributed by atoms with Gasteiger partial charge in [-0.1, -0.05) is 50.5 Å². The molecule has 0 N–H and O–H groups in total. The van der Waals surface area contributed by atoms with Crippen LogP contribution in [0.2, 0.25) is 0 Å². The Labute approximate surface area is 87.7 Å². The third-order valence-corrected chi connectivity index (χ3v) is 2.96. The summed E-state index contributed by atoms with van der Waals surface area (Å²) in [7, 11) is 0. The van der Waals surface area contributed by atoms with Crippen molar-refractivity contribution in [1.29, 1.82) is 0 Å². The maximum Gasteiger partial charge on any atom is -0.0122 e. The summed E-state index contributed by atoms with van der Waals surface area (Å²) in [6.07, 6.45) is 14.2. The summed E-state index contributed by atoms with van der Waals surface area (Å²) in [5, 5.41) is 0. The Hall–Kier alpha value is -1.04. The highest BCUT2D eigenvalue weighted by atomic mass is 14.2. The third kappa shape index (κ3) is 2.73. The molecule has 0 aromatic heterocycles. The molecular weight excluding hydrogens is 168 g/mol. The normalized spacial score (nSPS) is 27.4. The molecule has 0 aromatic carbocycles. The summed E-state index contributed by atoms with van der Waals surface area (Å²) in [5.74, 6) is 1.40. The van der Waals surface area contributed by atoms with E-state index < -0.39 is 0 Å². The fourth-order valence-corrected chi connectivity index (χ4v) is 2.06. The first-order valence-electron chi connectivity index (χ1n) is 5.43. The first kappa shape index (κ1) is 11.0. The van der Waals surface area contributed by atoms with Crippen molar-refractivity contribution < 1.29 is 0 Å². The zero-order valence-corrected chi connectivity index (χ0v) is 9.08. The molecule has 0 aliphatic heterocycles. The second-order valence-electron chi connectivity index (χ2n) is 3.87. The summed E-state index contributed by atoms with van der Waals surface area (Å²) in [6, 6.07) is 0. The van der Waals surface area contributed by atoms with Crippen LogP contribution in [0.3, 0.4) is 0 Å². The van der Waals surface area contributed by atoms with E-state index in [1.165, 1.54) is 18.4 Å². The van der Waals surface area contributed by atoms with Gasteiger partial charge in [0.25, 0.3) is 0 Å². The lowest BCUT2D eigenvalue weighted by Gasteiger charge is -2.24. The number of hydrogen-bond acceptors (Lipinski definition) is 0. The molecule has 0 heteroatoms. The molecule has 0 radical (unpaired) electrons. The standard InChI is InChI=1S/C14H20/c1-4-8-13(6-3)14-10-7-9-12(5-2)11-14/h4,6-9,12,14H,1,3,5,10-11H2,2H3/b13-8+. The van der Waals surface area contributed by atoms with Crippen molar-refractivity contribution in [2.75, 3.05) is 0 Å². The van der Waals surface area contributed by atoms with Gasteiger partial charge in [-0.2, -0.15) is 0 Å². The Morgan fingerprint density at radius 2 is 2.29 bits per heavy atom. The maximum absolute atomic E-state index is 3.87. The molecule has 0 saturated heterocycles. The Balaban J connectivity index is 2.69. The minimum atomic E-state index is 0.653. The van der Waals surface area contributed by atoms with Crippen molar-refractivity contribution >= 4 is 0 Å². The molecule has 1 rings (SSSR count). The van der Waals surface area contributed by atoms with Crippen LogP contribution in [0.4, 0.5) is 0 Å². The third-order valence-electron chi connectivity index (χ3n) is 2.96. The van der Waals surface area contributed by atoms with E-state index in [-0.39, 0.29) is 0 Å². The molecule has 0 amide bonds. The second kappa shape index (κ2) is 5.64. The first-order valence-corrected chi connectivity index (χ1v) is 5.43. The monoisotopic (exact) mass is 188 g/mol. The fraction of sp³-hybridized carbons (Fsp3) is 0.429. The molecule has 0 aromatic rings. The van der Waals surface area contributed by atoms with Gasteiger partial charge in [-0.25, -0.2) is 0 Å². The van der Waals surface area contributed by atoms with Crippen molar-refractivity contribution in [2.24, 2.45) is 11.8 Å². The minimum absolute atomic E-state index is 0.653. The number of rotatable bonds is 4. The van der Waals surface area contributed by atoms with Gasteiger partial charge in [0.05, 0.1) is 0 Å². The molecule has 2 unspecified atom stereocenters. The van der Waals surface area contributed by atoms with Crippen LogP contribution in [-0.2, 0) is 0 Å². The molecule has 76 valence electrons. The van der Waals surface area contributed by atoms with Crippen LogP contribution < -0.4 is 0 Å². The van der Waals surface area contributed by atoms with E-state index in [0.29, 0.717) is 5.92 Å². The smallest absolute Gasteiger partial charge is 0.0122 e. The second-order valence-corrected chi connectivity index (χ2v) is 3.87. The van der Waals surface area contributed by atoms with Gasteiger partial charge in [-0.3, -0.25) is 0 Å². The molecule has 2 atom stereocenters. The van der Waals surface area contributed by atoms with E-state index in [4.69, 9.17) is 0 Å². The van der Waals surface area contributed by atoms with Gasteiger partial charge in [0.15, 0.2) is 0 Å². The first-order chi connectivity index (χ1) is 6.81.